The number of anilines is 1. The van der Waals surface area contributed by atoms with Crippen molar-refractivity contribution in [3.8, 4) is 22.4 Å². The van der Waals surface area contributed by atoms with Gasteiger partial charge in [-0.15, -0.1) is 0 Å². The van der Waals surface area contributed by atoms with Crippen LogP contribution in [0.4, 0.5) is 5.82 Å². The molecule has 1 saturated heterocycles. The average molecular weight is 386 g/mol. The van der Waals surface area contributed by atoms with Gasteiger partial charge in [0.2, 0.25) is 0 Å². The minimum atomic E-state index is 0.480. The highest BCUT2D eigenvalue weighted by atomic mass is 16.5. The van der Waals surface area contributed by atoms with E-state index in [1.807, 2.05) is 30.6 Å². The number of pyridine rings is 1. The van der Waals surface area contributed by atoms with Crippen molar-refractivity contribution in [1.82, 2.24) is 24.5 Å². The molecule has 3 aromatic heterocycles. The Kier molecular flexibility index (Phi) is 4.67. The van der Waals surface area contributed by atoms with E-state index in [1.54, 1.807) is 10.7 Å². The Morgan fingerprint density at radius 3 is 2.62 bits per heavy atom. The number of nitrogens with two attached hydrogens (primary N) is 1. The largest absolute Gasteiger partial charge is 0.384 e. The highest BCUT2D eigenvalue weighted by molar-refractivity contribution is 5.78. The van der Waals surface area contributed by atoms with E-state index >= 15 is 0 Å². The first-order valence-electron chi connectivity index (χ1n) is 9.72. The highest BCUT2D eigenvalue weighted by Gasteiger charge is 2.13. The maximum Gasteiger partial charge on any atom is 0.163 e. The van der Waals surface area contributed by atoms with Crippen LogP contribution >= 0.6 is 0 Å². The molecule has 29 heavy (non-hydrogen) atoms. The lowest BCUT2D eigenvalue weighted by molar-refractivity contribution is 0.0342. The quantitative estimate of drug-likeness (QED) is 0.581. The van der Waals surface area contributed by atoms with Crippen molar-refractivity contribution in [1.29, 1.82) is 0 Å². The lowest BCUT2D eigenvalue weighted by Crippen LogP contribution is -2.35. The Balaban J connectivity index is 1.44. The zero-order chi connectivity index (χ0) is 19.6. The van der Waals surface area contributed by atoms with E-state index in [0.717, 1.165) is 60.9 Å². The Morgan fingerprint density at radius 1 is 1.00 bits per heavy atom. The summed E-state index contributed by atoms with van der Waals surface area (Å²) in [6, 6.07) is 14.3. The van der Waals surface area contributed by atoms with Gasteiger partial charge in [0, 0.05) is 43.2 Å². The topological polar surface area (TPSA) is 81.6 Å². The predicted molar refractivity (Wildman–Crippen MR) is 112 cm³/mol. The molecular weight excluding hydrogens is 364 g/mol. The van der Waals surface area contributed by atoms with E-state index in [-0.39, 0.29) is 0 Å². The van der Waals surface area contributed by atoms with E-state index in [2.05, 4.69) is 39.2 Å². The number of hydrogen-bond donors (Lipinski definition) is 1. The summed E-state index contributed by atoms with van der Waals surface area (Å²) >= 11 is 0. The summed E-state index contributed by atoms with van der Waals surface area (Å²) < 4.78 is 7.22. The van der Waals surface area contributed by atoms with Gasteiger partial charge in [-0.1, -0.05) is 24.3 Å². The first-order valence-corrected chi connectivity index (χ1v) is 9.72. The van der Waals surface area contributed by atoms with Gasteiger partial charge in [0.1, 0.15) is 5.82 Å². The minimum Gasteiger partial charge on any atom is -0.384 e. The van der Waals surface area contributed by atoms with Gasteiger partial charge >= 0.3 is 0 Å². The van der Waals surface area contributed by atoms with Gasteiger partial charge in [0.15, 0.2) is 5.65 Å². The molecule has 1 aliphatic rings. The second-order valence-electron chi connectivity index (χ2n) is 7.19. The van der Waals surface area contributed by atoms with Gasteiger partial charge in [-0.05, 0) is 29.3 Å². The third-order valence-corrected chi connectivity index (χ3v) is 5.22. The van der Waals surface area contributed by atoms with Gasteiger partial charge in [0.25, 0.3) is 0 Å². The molecule has 4 heterocycles. The number of nitrogen functional groups attached to an aromatic ring is 1. The molecule has 0 spiro atoms. The summed E-state index contributed by atoms with van der Waals surface area (Å²) in [6.07, 6.45) is 5.48. The molecule has 7 heteroatoms. The van der Waals surface area contributed by atoms with Crippen molar-refractivity contribution in [2.45, 2.75) is 6.54 Å². The summed E-state index contributed by atoms with van der Waals surface area (Å²) in [5, 5.41) is 4.46. The Hall–Kier alpha value is -3.29. The number of ether oxygens (including phenoxy) is 1. The van der Waals surface area contributed by atoms with Crippen molar-refractivity contribution in [3.05, 3.63) is 66.6 Å². The number of rotatable bonds is 4. The molecule has 1 aliphatic heterocycles. The van der Waals surface area contributed by atoms with Crippen LogP contribution < -0.4 is 5.73 Å². The maximum absolute atomic E-state index is 5.82. The maximum atomic E-state index is 5.82. The zero-order valence-electron chi connectivity index (χ0n) is 16.0. The Bertz CT molecular complexity index is 1130. The molecule has 5 rings (SSSR count). The van der Waals surface area contributed by atoms with Gasteiger partial charge in [-0.2, -0.15) is 5.10 Å². The monoisotopic (exact) mass is 386 g/mol. The lowest BCUT2D eigenvalue weighted by atomic mass is 10.1. The van der Waals surface area contributed by atoms with E-state index in [9.17, 15) is 0 Å². The summed E-state index contributed by atoms with van der Waals surface area (Å²) in [6.45, 7) is 4.56. The molecule has 0 radical (unpaired) electrons. The third kappa shape index (κ3) is 3.70. The highest BCUT2D eigenvalue weighted by Crippen LogP contribution is 2.26. The SMILES string of the molecule is Nc1cc(-c2ccn3ncc(-c4ccc(CN5CCOCC5)cc4)c3n2)ccn1. The number of hydrogen-bond acceptors (Lipinski definition) is 6. The Morgan fingerprint density at radius 2 is 1.83 bits per heavy atom. The minimum absolute atomic E-state index is 0.480. The fourth-order valence-corrected chi connectivity index (χ4v) is 3.65. The fourth-order valence-electron chi connectivity index (χ4n) is 3.65. The molecule has 146 valence electrons. The second kappa shape index (κ2) is 7.62. The van der Waals surface area contributed by atoms with Crippen LogP contribution in [-0.4, -0.2) is 50.8 Å². The van der Waals surface area contributed by atoms with E-state index in [4.69, 9.17) is 15.5 Å². The zero-order valence-corrected chi connectivity index (χ0v) is 16.0. The Labute approximate surface area is 168 Å². The van der Waals surface area contributed by atoms with E-state index < -0.39 is 0 Å². The third-order valence-electron chi connectivity index (χ3n) is 5.22. The van der Waals surface area contributed by atoms with Crippen LogP contribution in [0.5, 0.6) is 0 Å². The molecule has 0 atom stereocenters. The van der Waals surface area contributed by atoms with Gasteiger partial charge in [-0.25, -0.2) is 14.5 Å². The molecule has 1 aromatic carbocycles. The summed E-state index contributed by atoms with van der Waals surface area (Å²) in [4.78, 5) is 11.3. The lowest BCUT2D eigenvalue weighted by Gasteiger charge is -2.26. The summed E-state index contributed by atoms with van der Waals surface area (Å²) in [5.41, 5.74) is 11.8. The smallest absolute Gasteiger partial charge is 0.163 e. The van der Waals surface area contributed by atoms with Crippen molar-refractivity contribution in [3.63, 3.8) is 0 Å². The van der Waals surface area contributed by atoms with E-state index in [1.165, 1.54) is 5.56 Å². The molecule has 0 amide bonds. The predicted octanol–water partition coefficient (Wildman–Crippen LogP) is 2.87. The molecule has 0 bridgehead atoms. The van der Waals surface area contributed by atoms with Crippen LogP contribution in [0.2, 0.25) is 0 Å². The molecular formula is C22H22N6O. The number of aromatic nitrogens is 4. The first-order chi connectivity index (χ1) is 14.3. The van der Waals surface area contributed by atoms with E-state index in [0.29, 0.717) is 5.82 Å². The second-order valence-corrected chi connectivity index (χ2v) is 7.19. The van der Waals surface area contributed by atoms with Crippen LogP contribution in [0.3, 0.4) is 0 Å². The normalized spacial score (nSPS) is 15.0. The van der Waals surface area contributed by atoms with Crippen molar-refractivity contribution in [2.75, 3.05) is 32.0 Å². The van der Waals surface area contributed by atoms with Crippen LogP contribution in [-0.2, 0) is 11.3 Å². The van der Waals surface area contributed by atoms with Crippen molar-refractivity contribution < 1.29 is 4.74 Å². The van der Waals surface area contributed by atoms with Crippen molar-refractivity contribution >= 4 is 11.5 Å². The average Bonchev–Trinajstić information content (AvgIpc) is 3.18. The van der Waals surface area contributed by atoms with Gasteiger partial charge < -0.3 is 10.5 Å². The number of fused-ring (bicyclic) bond motifs is 1. The van der Waals surface area contributed by atoms with Crippen LogP contribution in [0, 0.1) is 0 Å². The standard InChI is InChI=1S/C22H22N6O/c23-21-13-18(5-7-24-21)20-6-8-28-22(26-20)19(14-25-28)17-3-1-16(2-4-17)15-27-9-11-29-12-10-27/h1-8,13-14H,9-12,15H2,(H2,23,24). The van der Waals surface area contributed by atoms with Crippen LogP contribution in [0.25, 0.3) is 28.0 Å². The number of morpholine rings is 1. The molecule has 2 N–H and O–H groups in total. The van der Waals surface area contributed by atoms with Crippen LogP contribution in [0.15, 0.2) is 61.1 Å². The summed E-state index contributed by atoms with van der Waals surface area (Å²) in [5.74, 6) is 0.480. The number of nitrogens with zero attached hydrogens (tertiary/aromatic N) is 5. The first kappa shape index (κ1) is 17.8. The summed E-state index contributed by atoms with van der Waals surface area (Å²) in [7, 11) is 0. The molecule has 0 saturated carbocycles. The molecule has 4 aromatic rings. The van der Waals surface area contributed by atoms with Gasteiger partial charge in [-0.3, -0.25) is 4.90 Å². The molecule has 7 nitrogen and oxygen atoms in total. The van der Waals surface area contributed by atoms with Crippen molar-refractivity contribution in [2.24, 2.45) is 0 Å². The molecule has 1 fully saturated rings. The number of benzene rings is 1. The fraction of sp³-hybridized carbons (Fsp3) is 0.227. The van der Waals surface area contributed by atoms with Gasteiger partial charge in [0.05, 0.1) is 25.1 Å². The molecule has 0 unspecified atom stereocenters. The van der Waals surface area contributed by atoms with Crippen LogP contribution in [0.1, 0.15) is 5.56 Å². The molecule has 0 aliphatic carbocycles.